The SMILES string of the molecule is C=COCCCC1CCC(c2ccc(C#N)cc2)CC1. The van der Waals surface area contributed by atoms with E-state index in [1.807, 2.05) is 12.1 Å². The van der Waals surface area contributed by atoms with Gasteiger partial charge in [0.05, 0.1) is 24.5 Å². The lowest BCUT2D eigenvalue weighted by atomic mass is 9.77. The minimum Gasteiger partial charge on any atom is -0.502 e. The lowest BCUT2D eigenvalue weighted by Crippen LogP contribution is -2.13. The molecule has 0 aromatic heterocycles. The van der Waals surface area contributed by atoms with Crippen molar-refractivity contribution in [1.82, 2.24) is 0 Å². The second-order valence-electron chi connectivity index (χ2n) is 5.63. The van der Waals surface area contributed by atoms with Crippen molar-refractivity contribution in [2.24, 2.45) is 5.92 Å². The molecule has 2 rings (SSSR count). The predicted molar refractivity (Wildman–Crippen MR) is 81.2 cm³/mol. The third kappa shape index (κ3) is 4.13. The summed E-state index contributed by atoms with van der Waals surface area (Å²) in [6.45, 7) is 4.36. The van der Waals surface area contributed by atoms with Crippen LogP contribution in [0.3, 0.4) is 0 Å². The molecule has 1 aromatic rings. The van der Waals surface area contributed by atoms with Crippen LogP contribution in [0.4, 0.5) is 0 Å². The number of benzene rings is 1. The molecular formula is C18H23NO. The van der Waals surface area contributed by atoms with Crippen molar-refractivity contribution in [3.63, 3.8) is 0 Å². The minimum absolute atomic E-state index is 0.684. The summed E-state index contributed by atoms with van der Waals surface area (Å²) in [7, 11) is 0. The Bertz CT molecular complexity index is 449. The van der Waals surface area contributed by atoms with Gasteiger partial charge in [-0.25, -0.2) is 0 Å². The zero-order chi connectivity index (χ0) is 14.2. The Morgan fingerprint density at radius 1 is 1.20 bits per heavy atom. The van der Waals surface area contributed by atoms with Crippen LogP contribution in [0.5, 0.6) is 0 Å². The lowest BCUT2D eigenvalue weighted by molar-refractivity contribution is 0.220. The van der Waals surface area contributed by atoms with Gasteiger partial charge in [-0.2, -0.15) is 5.26 Å². The third-order valence-electron chi connectivity index (χ3n) is 4.35. The fourth-order valence-electron chi connectivity index (χ4n) is 3.15. The van der Waals surface area contributed by atoms with Crippen LogP contribution in [-0.4, -0.2) is 6.61 Å². The molecule has 0 unspecified atom stereocenters. The highest BCUT2D eigenvalue weighted by Crippen LogP contribution is 2.37. The quantitative estimate of drug-likeness (QED) is 0.550. The van der Waals surface area contributed by atoms with E-state index < -0.39 is 0 Å². The van der Waals surface area contributed by atoms with Crippen LogP contribution in [-0.2, 0) is 4.74 Å². The van der Waals surface area contributed by atoms with E-state index in [1.165, 1.54) is 43.9 Å². The highest BCUT2D eigenvalue weighted by atomic mass is 16.5. The minimum atomic E-state index is 0.684. The van der Waals surface area contributed by atoms with Gasteiger partial charge in [-0.1, -0.05) is 18.7 Å². The Labute approximate surface area is 122 Å². The summed E-state index contributed by atoms with van der Waals surface area (Å²) >= 11 is 0. The first-order valence-corrected chi connectivity index (χ1v) is 7.56. The van der Waals surface area contributed by atoms with Crippen molar-refractivity contribution in [2.45, 2.75) is 44.4 Å². The van der Waals surface area contributed by atoms with Crippen LogP contribution in [0.1, 0.15) is 55.6 Å². The highest BCUT2D eigenvalue weighted by molar-refractivity contribution is 5.33. The van der Waals surface area contributed by atoms with Gasteiger partial charge < -0.3 is 4.74 Å². The summed E-state index contributed by atoms with van der Waals surface area (Å²) in [5.74, 6) is 1.54. The average Bonchev–Trinajstić information content (AvgIpc) is 2.52. The van der Waals surface area contributed by atoms with E-state index in [0.29, 0.717) is 5.92 Å². The van der Waals surface area contributed by atoms with E-state index in [9.17, 15) is 0 Å². The molecule has 0 radical (unpaired) electrons. The number of hydrogen-bond acceptors (Lipinski definition) is 2. The molecule has 2 heteroatoms. The van der Waals surface area contributed by atoms with Crippen LogP contribution in [0.25, 0.3) is 0 Å². The molecule has 1 aliphatic carbocycles. The molecule has 1 fully saturated rings. The van der Waals surface area contributed by atoms with Gasteiger partial charge in [0.1, 0.15) is 0 Å². The molecule has 0 atom stereocenters. The lowest BCUT2D eigenvalue weighted by Gasteiger charge is -2.28. The smallest absolute Gasteiger partial charge is 0.0991 e. The molecule has 20 heavy (non-hydrogen) atoms. The summed E-state index contributed by atoms with van der Waals surface area (Å²) in [6.07, 6.45) is 9.13. The molecule has 0 spiro atoms. The monoisotopic (exact) mass is 269 g/mol. The number of nitrogens with zero attached hydrogens (tertiary/aromatic N) is 1. The van der Waals surface area contributed by atoms with Crippen LogP contribution < -0.4 is 0 Å². The fraction of sp³-hybridized carbons (Fsp3) is 0.500. The molecule has 0 heterocycles. The molecule has 1 aliphatic rings. The van der Waals surface area contributed by atoms with Gasteiger partial charge in [-0.3, -0.25) is 0 Å². The first kappa shape index (κ1) is 14.7. The zero-order valence-electron chi connectivity index (χ0n) is 12.1. The summed E-state index contributed by atoms with van der Waals surface area (Å²) in [5.41, 5.74) is 2.15. The first-order valence-electron chi connectivity index (χ1n) is 7.56. The van der Waals surface area contributed by atoms with Crippen LogP contribution in [0, 0.1) is 17.2 Å². The molecule has 0 N–H and O–H groups in total. The number of nitriles is 1. The maximum atomic E-state index is 8.83. The van der Waals surface area contributed by atoms with Crippen molar-refractivity contribution in [1.29, 1.82) is 5.26 Å². The Hall–Kier alpha value is -1.75. The second kappa shape index (κ2) is 7.75. The fourth-order valence-corrected chi connectivity index (χ4v) is 3.15. The Balaban J connectivity index is 1.76. The molecule has 0 amide bonds. The Morgan fingerprint density at radius 2 is 1.90 bits per heavy atom. The normalized spacial score (nSPS) is 21.9. The summed E-state index contributed by atoms with van der Waals surface area (Å²) in [6, 6.07) is 10.3. The standard InChI is InChI=1S/C18H23NO/c1-2-20-13-3-4-15-5-9-17(10-6-15)18-11-7-16(14-19)8-12-18/h2,7-8,11-12,15,17H,1,3-6,9-10,13H2. The van der Waals surface area contributed by atoms with Crippen LogP contribution in [0.2, 0.25) is 0 Å². The maximum Gasteiger partial charge on any atom is 0.0991 e. The molecule has 0 aliphatic heterocycles. The van der Waals surface area contributed by atoms with Gasteiger partial charge in [0.25, 0.3) is 0 Å². The summed E-state index contributed by atoms with van der Waals surface area (Å²) < 4.78 is 5.17. The van der Waals surface area contributed by atoms with Gasteiger partial charge in [0.2, 0.25) is 0 Å². The van der Waals surface area contributed by atoms with Crippen LogP contribution >= 0.6 is 0 Å². The molecule has 106 valence electrons. The van der Waals surface area contributed by atoms with E-state index in [4.69, 9.17) is 10.00 Å². The van der Waals surface area contributed by atoms with Gasteiger partial charge >= 0.3 is 0 Å². The van der Waals surface area contributed by atoms with Crippen molar-refractivity contribution in [3.05, 3.63) is 48.2 Å². The van der Waals surface area contributed by atoms with E-state index in [0.717, 1.165) is 24.5 Å². The highest BCUT2D eigenvalue weighted by Gasteiger charge is 2.21. The summed E-state index contributed by atoms with van der Waals surface area (Å²) in [4.78, 5) is 0. The number of rotatable bonds is 6. The number of hydrogen-bond donors (Lipinski definition) is 0. The molecule has 0 bridgehead atoms. The summed E-state index contributed by atoms with van der Waals surface area (Å²) in [5, 5.41) is 8.83. The first-order chi connectivity index (χ1) is 9.83. The number of ether oxygens (including phenoxy) is 1. The van der Waals surface area contributed by atoms with Crippen molar-refractivity contribution >= 4 is 0 Å². The van der Waals surface area contributed by atoms with E-state index in [-0.39, 0.29) is 0 Å². The largest absolute Gasteiger partial charge is 0.502 e. The van der Waals surface area contributed by atoms with Gasteiger partial charge in [-0.05, 0) is 68.1 Å². The maximum absolute atomic E-state index is 8.83. The molecule has 1 saturated carbocycles. The Morgan fingerprint density at radius 3 is 2.50 bits per heavy atom. The van der Waals surface area contributed by atoms with E-state index in [1.54, 1.807) is 0 Å². The average molecular weight is 269 g/mol. The molecule has 2 nitrogen and oxygen atoms in total. The van der Waals surface area contributed by atoms with Gasteiger partial charge in [-0.15, -0.1) is 0 Å². The van der Waals surface area contributed by atoms with Crippen molar-refractivity contribution < 1.29 is 4.74 Å². The molecule has 0 saturated heterocycles. The third-order valence-corrected chi connectivity index (χ3v) is 4.35. The second-order valence-corrected chi connectivity index (χ2v) is 5.63. The van der Waals surface area contributed by atoms with E-state index >= 15 is 0 Å². The molecule has 1 aromatic carbocycles. The topological polar surface area (TPSA) is 33.0 Å². The zero-order valence-corrected chi connectivity index (χ0v) is 12.1. The molecular weight excluding hydrogens is 246 g/mol. The predicted octanol–water partition coefficient (Wildman–Crippen LogP) is 4.77. The van der Waals surface area contributed by atoms with Crippen LogP contribution in [0.15, 0.2) is 37.1 Å². The van der Waals surface area contributed by atoms with Gasteiger partial charge in [0.15, 0.2) is 0 Å². The van der Waals surface area contributed by atoms with Crippen molar-refractivity contribution in [3.8, 4) is 6.07 Å². The Kier molecular flexibility index (Phi) is 5.68. The van der Waals surface area contributed by atoms with Gasteiger partial charge in [0, 0.05) is 0 Å². The van der Waals surface area contributed by atoms with E-state index in [2.05, 4.69) is 24.8 Å². The van der Waals surface area contributed by atoms with Crippen molar-refractivity contribution in [2.75, 3.05) is 6.61 Å².